The Bertz CT molecular complexity index is 158. The van der Waals surface area contributed by atoms with Gasteiger partial charge in [0.05, 0.1) is 12.7 Å². The molecule has 0 amide bonds. The van der Waals surface area contributed by atoms with Gasteiger partial charge in [0.2, 0.25) is 0 Å². The number of nitrogens with two attached hydrogens (primary N) is 1. The fraction of sp³-hybridized carbons (Fsp3) is 1.00. The summed E-state index contributed by atoms with van der Waals surface area (Å²) in [6.45, 7) is 9.72. The monoisotopic (exact) mass is 185 g/mol. The Kier molecular flexibility index (Phi) is 3.74. The molecule has 0 saturated carbocycles. The lowest BCUT2D eigenvalue weighted by Crippen LogP contribution is -2.39. The molecule has 1 heterocycles. The summed E-state index contributed by atoms with van der Waals surface area (Å²) in [5, 5.41) is 0. The number of hydrogen-bond donors (Lipinski definition) is 1. The molecule has 0 spiro atoms. The van der Waals surface area contributed by atoms with E-state index in [4.69, 9.17) is 10.5 Å². The first kappa shape index (κ1) is 11.0. The van der Waals surface area contributed by atoms with E-state index >= 15 is 0 Å². The van der Waals surface area contributed by atoms with Crippen molar-refractivity contribution in [2.75, 3.05) is 6.61 Å². The molecule has 2 N–H and O–H groups in total. The van der Waals surface area contributed by atoms with Crippen molar-refractivity contribution in [2.45, 2.75) is 46.3 Å². The highest BCUT2D eigenvalue weighted by Gasteiger charge is 2.31. The molecule has 4 unspecified atom stereocenters. The average molecular weight is 185 g/mol. The van der Waals surface area contributed by atoms with Crippen LogP contribution in [0.1, 0.15) is 34.1 Å². The van der Waals surface area contributed by atoms with Gasteiger partial charge in [-0.15, -0.1) is 0 Å². The standard InChI is InChI=1S/C11H23NO/c1-7(2)9(4)11(12)10-5-8(3)13-6-10/h7-11H,5-6,12H2,1-4H3. The van der Waals surface area contributed by atoms with Crippen LogP contribution in [0.4, 0.5) is 0 Å². The Labute approximate surface area is 81.8 Å². The molecule has 2 heteroatoms. The molecular formula is C11H23NO. The zero-order valence-corrected chi connectivity index (χ0v) is 9.29. The lowest BCUT2D eigenvalue weighted by Gasteiger charge is -2.27. The summed E-state index contributed by atoms with van der Waals surface area (Å²) < 4.78 is 5.54. The van der Waals surface area contributed by atoms with Gasteiger partial charge in [-0.3, -0.25) is 0 Å². The molecule has 1 aliphatic rings. The fourth-order valence-electron chi connectivity index (χ4n) is 1.99. The smallest absolute Gasteiger partial charge is 0.0551 e. The lowest BCUT2D eigenvalue weighted by molar-refractivity contribution is 0.115. The van der Waals surface area contributed by atoms with Gasteiger partial charge in [0.1, 0.15) is 0 Å². The molecule has 2 nitrogen and oxygen atoms in total. The molecule has 0 aliphatic carbocycles. The Morgan fingerprint density at radius 2 is 1.92 bits per heavy atom. The van der Waals surface area contributed by atoms with Crippen LogP contribution in [0, 0.1) is 17.8 Å². The third-order valence-corrected chi connectivity index (χ3v) is 3.43. The second kappa shape index (κ2) is 4.43. The Hall–Kier alpha value is -0.0800. The van der Waals surface area contributed by atoms with Crippen LogP contribution in [0.2, 0.25) is 0 Å². The van der Waals surface area contributed by atoms with Gasteiger partial charge in [-0.25, -0.2) is 0 Å². The molecule has 13 heavy (non-hydrogen) atoms. The molecule has 1 rings (SSSR count). The van der Waals surface area contributed by atoms with E-state index in [0.717, 1.165) is 13.0 Å². The zero-order chi connectivity index (χ0) is 10.0. The third kappa shape index (κ3) is 2.68. The van der Waals surface area contributed by atoms with Crippen molar-refractivity contribution in [3.8, 4) is 0 Å². The molecule has 1 fully saturated rings. The van der Waals surface area contributed by atoms with E-state index in [1.54, 1.807) is 0 Å². The van der Waals surface area contributed by atoms with Crippen LogP contribution >= 0.6 is 0 Å². The predicted octanol–water partition coefficient (Wildman–Crippen LogP) is 2.03. The molecule has 0 aromatic heterocycles. The van der Waals surface area contributed by atoms with Gasteiger partial charge < -0.3 is 10.5 Å². The van der Waals surface area contributed by atoms with Crippen molar-refractivity contribution in [2.24, 2.45) is 23.5 Å². The van der Waals surface area contributed by atoms with E-state index < -0.39 is 0 Å². The first-order valence-electron chi connectivity index (χ1n) is 5.39. The minimum atomic E-state index is 0.310. The van der Waals surface area contributed by atoms with E-state index in [1.165, 1.54) is 0 Å². The molecule has 0 aromatic rings. The molecule has 0 bridgehead atoms. The number of ether oxygens (including phenoxy) is 1. The highest BCUT2D eigenvalue weighted by atomic mass is 16.5. The third-order valence-electron chi connectivity index (χ3n) is 3.43. The molecular weight excluding hydrogens is 162 g/mol. The highest BCUT2D eigenvalue weighted by molar-refractivity contribution is 4.84. The zero-order valence-electron chi connectivity index (χ0n) is 9.29. The predicted molar refractivity (Wildman–Crippen MR) is 55.5 cm³/mol. The van der Waals surface area contributed by atoms with E-state index in [9.17, 15) is 0 Å². The maximum absolute atomic E-state index is 6.21. The summed E-state index contributed by atoms with van der Waals surface area (Å²) in [4.78, 5) is 0. The van der Waals surface area contributed by atoms with Crippen LogP contribution < -0.4 is 5.73 Å². The molecule has 78 valence electrons. The lowest BCUT2D eigenvalue weighted by atomic mass is 9.82. The first-order valence-corrected chi connectivity index (χ1v) is 5.39. The van der Waals surface area contributed by atoms with E-state index in [0.29, 0.717) is 29.9 Å². The van der Waals surface area contributed by atoms with E-state index in [1.807, 2.05) is 0 Å². The van der Waals surface area contributed by atoms with E-state index in [-0.39, 0.29) is 0 Å². The van der Waals surface area contributed by atoms with Crippen LogP contribution in [-0.4, -0.2) is 18.8 Å². The van der Waals surface area contributed by atoms with Crippen molar-refractivity contribution in [3.05, 3.63) is 0 Å². The molecule has 4 atom stereocenters. The van der Waals surface area contributed by atoms with E-state index in [2.05, 4.69) is 27.7 Å². The quantitative estimate of drug-likeness (QED) is 0.730. The van der Waals surface area contributed by atoms with Crippen molar-refractivity contribution in [1.82, 2.24) is 0 Å². The van der Waals surface area contributed by atoms with Gasteiger partial charge in [0.25, 0.3) is 0 Å². The first-order chi connectivity index (χ1) is 6.02. The topological polar surface area (TPSA) is 35.2 Å². The van der Waals surface area contributed by atoms with Crippen LogP contribution in [0.3, 0.4) is 0 Å². The molecule has 0 radical (unpaired) electrons. The van der Waals surface area contributed by atoms with Gasteiger partial charge in [-0.1, -0.05) is 20.8 Å². The summed E-state index contributed by atoms with van der Waals surface area (Å²) >= 11 is 0. The summed E-state index contributed by atoms with van der Waals surface area (Å²) in [7, 11) is 0. The summed E-state index contributed by atoms with van der Waals surface area (Å²) in [6, 6.07) is 0.310. The SMILES string of the molecule is CC1CC(C(N)C(C)C(C)C)CO1. The summed E-state index contributed by atoms with van der Waals surface area (Å²) in [5.74, 6) is 1.84. The van der Waals surface area contributed by atoms with Crippen LogP contribution in [0.25, 0.3) is 0 Å². The highest BCUT2D eigenvalue weighted by Crippen LogP contribution is 2.27. The molecule has 0 aromatic carbocycles. The summed E-state index contributed by atoms with van der Waals surface area (Å²) in [5.41, 5.74) is 6.21. The molecule has 1 saturated heterocycles. The van der Waals surface area contributed by atoms with Crippen LogP contribution in [-0.2, 0) is 4.74 Å². The van der Waals surface area contributed by atoms with Gasteiger partial charge in [-0.05, 0) is 25.2 Å². The van der Waals surface area contributed by atoms with Crippen molar-refractivity contribution >= 4 is 0 Å². The maximum atomic E-state index is 6.21. The second-order valence-electron chi connectivity index (χ2n) is 4.82. The minimum Gasteiger partial charge on any atom is -0.378 e. The summed E-state index contributed by atoms with van der Waals surface area (Å²) in [6.07, 6.45) is 1.55. The van der Waals surface area contributed by atoms with Crippen LogP contribution in [0.15, 0.2) is 0 Å². The van der Waals surface area contributed by atoms with Crippen molar-refractivity contribution in [1.29, 1.82) is 0 Å². The van der Waals surface area contributed by atoms with Crippen molar-refractivity contribution < 1.29 is 4.74 Å². The minimum absolute atomic E-state index is 0.310. The normalized spacial score (nSPS) is 33.7. The average Bonchev–Trinajstić information content (AvgIpc) is 2.49. The van der Waals surface area contributed by atoms with Gasteiger partial charge in [0, 0.05) is 12.0 Å². The van der Waals surface area contributed by atoms with Gasteiger partial charge in [-0.2, -0.15) is 0 Å². The van der Waals surface area contributed by atoms with Gasteiger partial charge in [0.15, 0.2) is 0 Å². The second-order valence-corrected chi connectivity index (χ2v) is 4.82. The maximum Gasteiger partial charge on any atom is 0.0551 e. The number of hydrogen-bond acceptors (Lipinski definition) is 2. The largest absolute Gasteiger partial charge is 0.378 e. The van der Waals surface area contributed by atoms with Crippen LogP contribution in [0.5, 0.6) is 0 Å². The Morgan fingerprint density at radius 1 is 1.31 bits per heavy atom. The van der Waals surface area contributed by atoms with Gasteiger partial charge >= 0.3 is 0 Å². The number of rotatable bonds is 3. The molecule has 1 aliphatic heterocycles. The Morgan fingerprint density at radius 3 is 2.31 bits per heavy atom. The van der Waals surface area contributed by atoms with Crippen molar-refractivity contribution in [3.63, 3.8) is 0 Å². The Balaban J connectivity index is 2.43. The fourth-order valence-corrected chi connectivity index (χ4v) is 1.99.